The number of hydrogen-bond acceptors (Lipinski definition) is 5. The van der Waals surface area contributed by atoms with E-state index in [4.69, 9.17) is 9.47 Å². The highest BCUT2D eigenvalue weighted by Gasteiger charge is 2.31. The maximum atomic E-state index is 12.6. The summed E-state index contributed by atoms with van der Waals surface area (Å²) in [6.07, 6.45) is 0. The van der Waals surface area contributed by atoms with Gasteiger partial charge in [0, 0.05) is 12.6 Å². The van der Waals surface area contributed by atoms with Gasteiger partial charge in [-0.2, -0.15) is 4.31 Å². The molecule has 1 atom stereocenters. The Morgan fingerprint density at radius 1 is 1.38 bits per heavy atom. The second-order valence-electron chi connectivity index (χ2n) is 4.78. The van der Waals surface area contributed by atoms with Crippen LogP contribution in [0.2, 0.25) is 0 Å². The van der Waals surface area contributed by atoms with E-state index in [1.807, 2.05) is 6.92 Å². The molecule has 6 nitrogen and oxygen atoms in total. The Bertz CT molecular complexity index is 596. The van der Waals surface area contributed by atoms with Gasteiger partial charge in [0.15, 0.2) is 0 Å². The van der Waals surface area contributed by atoms with Crippen molar-refractivity contribution >= 4 is 16.0 Å². The van der Waals surface area contributed by atoms with E-state index in [0.717, 1.165) is 0 Å². The fraction of sp³-hybridized carbons (Fsp3) is 0.500. The maximum Gasteiger partial charge on any atom is 0.338 e. The summed E-state index contributed by atoms with van der Waals surface area (Å²) in [5.74, 6) is -0.457. The predicted molar refractivity (Wildman–Crippen MR) is 76.6 cm³/mol. The molecule has 2 rings (SSSR count). The van der Waals surface area contributed by atoms with Crippen molar-refractivity contribution in [2.45, 2.75) is 24.8 Å². The number of morpholine rings is 1. The number of ether oxygens (including phenoxy) is 2. The molecule has 0 amide bonds. The zero-order valence-electron chi connectivity index (χ0n) is 12.1. The number of sulfonamides is 1. The van der Waals surface area contributed by atoms with Crippen molar-refractivity contribution < 1.29 is 22.7 Å². The molecule has 21 heavy (non-hydrogen) atoms. The molecule has 0 N–H and O–H groups in total. The lowest BCUT2D eigenvalue weighted by Gasteiger charge is -2.32. The minimum Gasteiger partial charge on any atom is -0.462 e. The summed E-state index contributed by atoms with van der Waals surface area (Å²) in [4.78, 5) is 11.7. The normalized spacial score (nSPS) is 20.2. The lowest BCUT2D eigenvalue weighted by atomic mass is 10.2. The Hall–Kier alpha value is -1.44. The van der Waals surface area contributed by atoms with E-state index in [1.54, 1.807) is 6.92 Å². The number of hydrogen-bond donors (Lipinski definition) is 0. The Morgan fingerprint density at radius 3 is 2.62 bits per heavy atom. The molecule has 0 spiro atoms. The van der Waals surface area contributed by atoms with Crippen molar-refractivity contribution in [3.05, 3.63) is 29.8 Å². The van der Waals surface area contributed by atoms with Crippen LogP contribution < -0.4 is 0 Å². The van der Waals surface area contributed by atoms with Gasteiger partial charge in [-0.25, -0.2) is 13.2 Å². The summed E-state index contributed by atoms with van der Waals surface area (Å²) >= 11 is 0. The lowest BCUT2D eigenvalue weighted by Crippen LogP contribution is -2.46. The summed E-state index contributed by atoms with van der Waals surface area (Å²) < 4.78 is 36.7. The standard InChI is InChI=1S/C14H19NO5S/c1-3-20-14(16)12-4-6-13(7-5-12)21(17,18)15-8-9-19-10-11(15)2/h4-7,11H,3,8-10H2,1-2H3/t11-/m1/s1. The van der Waals surface area contributed by atoms with Crippen molar-refractivity contribution in [1.29, 1.82) is 0 Å². The molecule has 1 aliphatic rings. The minimum absolute atomic E-state index is 0.171. The van der Waals surface area contributed by atoms with E-state index >= 15 is 0 Å². The Balaban J connectivity index is 2.22. The summed E-state index contributed by atoms with van der Waals surface area (Å²) in [5, 5.41) is 0. The van der Waals surface area contributed by atoms with Crippen LogP contribution >= 0.6 is 0 Å². The first-order valence-corrected chi connectivity index (χ1v) is 8.27. The molecular formula is C14H19NO5S. The van der Waals surface area contributed by atoms with Gasteiger partial charge in [0.25, 0.3) is 0 Å². The number of esters is 1. The molecule has 1 aromatic rings. The maximum absolute atomic E-state index is 12.6. The third kappa shape index (κ3) is 3.42. The van der Waals surface area contributed by atoms with Crippen LogP contribution in [0.4, 0.5) is 0 Å². The monoisotopic (exact) mass is 313 g/mol. The van der Waals surface area contributed by atoms with Crippen LogP contribution in [0.5, 0.6) is 0 Å². The third-order valence-corrected chi connectivity index (χ3v) is 5.31. The average Bonchev–Trinajstić information content (AvgIpc) is 2.48. The largest absolute Gasteiger partial charge is 0.462 e. The van der Waals surface area contributed by atoms with Gasteiger partial charge in [-0.3, -0.25) is 0 Å². The molecule has 1 saturated heterocycles. The molecule has 0 radical (unpaired) electrons. The number of carbonyl (C=O) groups is 1. The fourth-order valence-corrected chi connectivity index (χ4v) is 3.78. The number of benzene rings is 1. The van der Waals surface area contributed by atoms with Crippen LogP contribution in [0.1, 0.15) is 24.2 Å². The smallest absolute Gasteiger partial charge is 0.338 e. The lowest BCUT2D eigenvalue weighted by molar-refractivity contribution is 0.0392. The fourth-order valence-electron chi connectivity index (χ4n) is 2.18. The van der Waals surface area contributed by atoms with Crippen molar-refractivity contribution in [1.82, 2.24) is 4.31 Å². The second-order valence-corrected chi connectivity index (χ2v) is 6.68. The second kappa shape index (κ2) is 6.55. The van der Waals surface area contributed by atoms with Crippen molar-refractivity contribution in [2.75, 3.05) is 26.4 Å². The Labute approximate surface area is 124 Å². The molecule has 1 fully saturated rings. The molecule has 116 valence electrons. The Kier molecular flexibility index (Phi) is 4.97. The molecule has 0 aliphatic carbocycles. The van der Waals surface area contributed by atoms with E-state index in [0.29, 0.717) is 25.3 Å². The molecule has 0 aromatic heterocycles. The summed E-state index contributed by atoms with van der Waals surface area (Å²) in [5.41, 5.74) is 0.339. The molecule has 7 heteroatoms. The van der Waals surface area contributed by atoms with E-state index in [1.165, 1.54) is 28.6 Å². The van der Waals surface area contributed by atoms with Crippen LogP contribution in [0.25, 0.3) is 0 Å². The van der Waals surface area contributed by atoms with Gasteiger partial charge in [-0.05, 0) is 38.1 Å². The van der Waals surface area contributed by atoms with Crippen LogP contribution in [0, 0.1) is 0 Å². The predicted octanol–water partition coefficient (Wildman–Crippen LogP) is 1.27. The molecule has 1 aliphatic heterocycles. The van der Waals surface area contributed by atoms with E-state index in [9.17, 15) is 13.2 Å². The van der Waals surface area contributed by atoms with Gasteiger partial charge in [0.05, 0.1) is 30.3 Å². The summed E-state index contributed by atoms with van der Waals surface area (Å²) in [6.45, 7) is 4.93. The minimum atomic E-state index is -3.56. The van der Waals surface area contributed by atoms with Gasteiger partial charge < -0.3 is 9.47 Å². The average molecular weight is 313 g/mol. The third-order valence-electron chi connectivity index (χ3n) is 3.28. The van der Waals surface area contributed by atoms with Crippen LogP contribution in [-0.2, 0) is 19.5 Å². The molecule has 0 saturated carbocycles. The molecule has 0 unspecified atom stereocenters. The van der Waals surface area contributed by atoms with E-state index in [-0.39, 0.29) is 17.5 Å². The molecule has 1 heterocycles. The quantitative estimate of drug-likeness (QED) is 0.783. The van der Waals surface area contributed by atoms with Gasteiger partial charge >= 0.3 is 5.97 Å². The van der Waals surface area contributed by atoms with Crippen LogP contribution in [0.3, 0.4) is 0 Å². The zero-order valence-corrected chi connectivity index (χ0v) is 12.9. The number of rotatable bonds is 4. The highest BCUT2D eigenvalue weighted by Crippen LogP contribution is 2.21. The van der Waals surface area contributed by atoms with Gasteiger partial charge in [0.1, 0.15) is 0 Å². The van der Waals surface area contributed by atoms with E-state index in [2.05, 4.69) is 0 Å². The highest BCUT2D eigenvalue weighted by molar-refractivity contribution is 7.89. The first-order chi connectivity index (χ1) is 9.96. The number of carbonyl (C=O) groups excluding carboxylic acids is 1. The summed E-state index contributed by atoms with van der Waals surface area (Å²) in [6, 6.07) is 5.60. The van der Waals surface area contributed by atoms with Crippen LogP contribution in [0.15, 0.2) is 29.2 Å². The van der Waals surface area contributed by atoms with Crippen molar-refractivity contribution in [3.8, 4) is 0 Å². The SMILES string of the molecule is CCOC(=O)c1ccc(S(=O)(=O)N2CCOC[C@H]2C)cc1. The van der Waals surface area contributed by atoms with Gasteiger partial charge in [-0.1, -0.05) is 0 Å². The van der Waals surface area contributed by atoms with Gasteiger partial charge in [-0.15, -0.1) is 0 Å². The molecular weight excluding hydrogens is 294 g/mol. The number of nitrogens with zero attached hydrogens (tertiary/aromatic N) is 1. The van der Waals surface area contributed by atoms with Gasteiger partial charge in [0.2, 0.25) is 10.0 Å². The first-order valence-electron chi connectivity index (χ1n) is 6.83. The highest BCUT2D eigenvalue weighted by atomic mass is 32.2. The first kappa shape index (κ1) is 15.9. The molecule has 1 aromatic carbocycles. The van der Waals surface area contributed by atoms with Crippen LogP contribution in [-0.4, -0.2) is 51.1 Å². The topological polar surface area (TPSA) is 72.9 Å². The zero-order chi connectivity index (χ0) is 15.5. The van der Waals surface area contributed by atoms with Crippen molar-refractivity contribution in [3.63, 3.8) is 0 Å². The van der Waals surface area contributed by atoms with E-state index < -0.39 is 16.0 Å². The van der Waals surface area contributed by atoms with Crippen molar-refractivity contribution in [2.24, 2.45) is 0 Å². The summed E-state index contributed by atoms with van der Waals surface area (Å²) in [7, 11) is -3.56. The molecule has 0 bridgehead atoms. The Morgan fingerprint density at radius 2 is 2.05 bits per heavy atom.